The van der Waals surface area contributed by atoms with Gasteiger partial charge in [0, 0.05) is 43.9 Å². The summed E-state index contributed by atoms with van der Waals surface area (Å²) in [6.07, 6.45) is -0.687. The lowest BCUT2D eigenvalue weighted by Crippen LogP contribution is -2.72. The number of aromatic nitrogens is 1. The van der Waals surface area contributed by atoms with Gasteiger partial charge in [0.25, 0.3) is 23.5 Å². The Hall–Kier alpha value is -3.34. The summed E-state index contributed by atoms with van der Waals surface area (Å²) in [4.78, 5) is 54.1. The minimum atomic E-state index is -3.12. The molecule has 1 aromatic heterocycles. The number of benzene rings is 1. The number of fused-ring (bicyclic) bond motifs is 1. The summed E-state index contributed by atoms with van der Waals surface area (Å²) in [6.45, 7) is 4.68. The van der Waals surface area contributed by atoms with Crippen LogP contribution < -0.4 is 10.6 Å². The maximum Gasteiger partial charge on any atom is 0.293 e. The molecule has 38 heavy (non-hydrogen) atoms. The number of ketones is 1. The van der Waals surface area contributed by atoms with Crippen LogP contribution in [0.1, 0.15) is 58.3 Å². The van der Waals surface area contributed by atoms with Crippen molar-refractivity contribution >= 4 is 40.8 Å². The SMILES string of the molecule is Cc1c(C(=O)C(=O)NC2(C(=O)N3CC(C)C3)CC(F)(F)C2)c2n(c1C(=O)Nc1ccc(F)c(Cl)c1)CCC2. The molecule has 1 saturated heterocycles. The molecule has 1 aliphatic carbocycles. The highest BCUT2D eigenvalue weighted by Crippen LogP contribution is 2.47. The molecule has 202 valence electrons. The van der Waals surface area contributed by atoms with Crippen molar-refractivity contribution in [3.8, 4) is 0 Å². The fourth-order valence-corrected chi connectivity index (χ4v) is 5.94. The molecular formula is C26H26ClF3N4O4. The molecule has 8 nitrogen and oxygen atoms in total. The molecule has 2 aromatic rings. The second kappa shape index (κ2) is 9.14. The predicted molar refractivity (Wildman–Crippen MR) is 132 cm³/mol. The summed E-state index contributed by atoms with van der Waals surface area (Å²) in [7, 11) is 0. The lowest BCUT2D eigenvalue weighted by atomic mass is 9.71. The topological polar surface area (TPSA) is 101 Å². The maximum atomic E-state index is 13.9. The molecule has 2 N–H and O–H groups in total. The van der Waals surface area contributed by atoms with Crippen LogP contribution in [0.3, 0.4) is 0 Å². The van der Waals surface area contributed by atoms with Gasteiger partial charge in [-0.3, -0.25) is 19.2 Å². The molecule has 0 spiro atoms. The number of hydrogen-bond donors (Lipinski definition) is 2. The first-order valence-electron chi connectivity index (χ1n) is 12.3. The molecule has 1 aromatic carbocycles. The number of alkyl halides is 2. The van der Waals surface area contributed by atoms with Crippen LogP contribution in [-0.4, -0.2) is 57.5 Å². The highest BCUT2D eigenvalue weighted by molar-refractivity contribution is 6.44. The Balaban J connectivity index is 1.40. The molecule has 3 heterocycles. The van der Waals surface area contributed by atoms with E-state index < -0.39 is 53.6 Å². The van der Waals surface area contributed by atoms with E-state index in [4.69, 9.17) is 11.6 Å². The predicted octanol–water partition coefficient (Wildman–Crippen LogP) is 3.73. The lowest BCUT2D eigenvalue weighted by molar-refractivity contribution is -0.177. The van der Waals surface area contributed by atoms with Gasteiger partial charge in [0.2, 0.25) is 5.91 Å². The zero-order chi connectivity index (χ0) is 27.6. The van der Waals surface area contributed by atoms with Crippen LogP contribution >= 0.6 is 11.6 Å². The third-order valence-corrected chi connectivity index (χ3v) is 7.76. The number of anilines is 1. The van der Waals surface area contributed by atoms with Crippen molar-refractivity contribution in [3.63, 3.8) is 0 Å². The van der Waals surface area contributed by atoms with Gasteiger partial charge in [-0.2, -0.15) is 0 Å². The normalized spacial score (nSPS) is 19.3. The maximum absolute atomic E-state index is 13.9. The van der Waals surface area contributed by atoms with Gasteiger partial charge in [0.05, 0.1) is 10.6 Å². The van der Waals surface area contributed by atoms with Gasteiger partial charge in [0.15, 0.2) is 0 Å². The molecule has 2 fully saturated rings. The van der Waals surface area contributed by atoms with Gasteiger partial charge < -0.3 is 20.1 Å². The summed E-state index contributed by atoms with van der Waals surface area (Å²) in [5, 5.41) is 4.79. The third-order valence-electron chi connectivity index (χ3n) is 7.47. The van der Waals surface area contributed by atoms with Crippen LogP contribution in [0.15, 0.2) is 18.2 Å². The van der Waals surface area contributed by atoms with Gasteiger partial charge >= 0.3 is 0 Å². The highest BCUT2D eigenvalue weighted by atomic mass is 35.5. The minimum absolute atomic E-state index is 0.0218. The van der Waals surface area contributed by atoms with E-state index in [1.165, 1.54) is 24.0 Å². The number of carbonyl (C=O) groups is 4. The first-order chi connectivity index (χ1) is 17.8. The Kier molecular flexibility index (Phi) is 6.32. The van der Waals surface area contributed by atoms with Crippen LogP contribution in [0.25, 0.3) is 0 Å². The number of hydrogen-bond acceptors (Lipinski definition) is 4. The van der Waals surface area contributed by atoms with Crippen molar-refractivity contribution in [1.82, 2.24) is 14.8 Å². The fourth-order valence-electron chi connectivity index (χ4n) is 5.76. The molecule has 1 saturated carbocycles. The fraction of sp³-hybridized carbons (Fsp3) is 0.462. The Morgan fingerprint density at radius 3 is 2.42 bits per heavy atom. The molecule has 3 amide bonds. The van der Waals surface area contributed by atoms with E-state index in [0.717, 1.165) is 6.07 Å². The van der Waals surface area contributed by atoms with E-state index in [9.17, 15) is 32.3 Å². The van der Waals surface area contributed by atoms with Gasteiger partial charge in [-0.15, -0.1) is 0 Å². The molecule has 0 atom stereocenters. The van der Waals surface area contributed by atoms with E-state index in [0.29, 0.717) is 38.2 Å². The summed E-state index contributed by atoms with van der Waals surface area (Å²) >= 11 is 5.80. The third kappa shape index (κ3) is 4.36. The summed E-state index contributed by atoms with van der Waals surface area (Å²) < 4.78 is 43.0. The van der Waals surface area contributed by atoms with Gasteiger partial charge in [-0.25, -0.2) is 13.2 Å². The number of halogens is 4. The molecule has 0 bridgehead atoms. The molecule has 2 aliphatic heterocycles. The summed E-state index contributed by atoms with van der Waals surface area (Å²) in [6, 6.07) is 3.70. The molecule has 3 aliphatic rings. The Bertz CT molecular complexity index is 1370. The van der Waals surface area contributed by atoms with Crippen LogP contribution in [0.2, 0.25) is 5.02 Å². The highest BCUT2D eigenvalue weighted by Gasteiger charge is 2.63. The average Bonchev–Trinajstić information content (AvgIpc) is 3.36. The molecular weight excluding hydrogens is 525 g/mol. The van der Waals surface area contributed by atoms with Crippen molar-refractivity contribution in [2.45, 2.75) is 57.5 Å². The van der Waals surface area contributed by atoms with Crippen molar-refractivity contribution in [2.24, 2.45) is 5.92 Å². The number of amides is 3. The van der Waals surface area contributed by atoms with E-state index in [1.807, 2.05) is 6.92 Å². The first kappa shape index (κ1) is 26.3. The van der Waals surface area contributed by atoms with Crippen LogP contribution in [0.4, 0.5) is 18.9 Å². The summed E-state index contributed by atoms with van der Waals surface area (Å²) in [5.74, 6) is -6.88. The largest absolute Gasteiger partial charge is 0.340 e. The zero-order valence-corrected chi connectivity index (χ0v) is 21.6. The molecule has 0 radical (unpaired) electrons. The second-order valence-electron chi connectivity index (χ2n) is 10.5. The monoisotopic (exact) mass is 550 g/mol. The van der Waals surface area contributed by atoms with Gasteiger partial charge in [-0.1, -0.05) is 18.5 Å². The quantitative estimate of drug-likeness (QED) is 0.423. The van der Waals surface area contributed by atoms with Gasteiger partial charge in [0.1, 0.15) is 17.1 Å². The first-order valence-corrected chi connectivity index (χ1v) is 12.7. The number of carbonyl (C=O) groups excluding carboxylic acids is 4. The van der Waals surface area contributed by atoms with Gasteiger partial charge in [-0.05, 0) is 49.4 Å². The Morgan fingerprint density at radius 1 is 1.13 bits per heavy atom. The van der Waals surface area contributed by atoms with Crippen LogP contribution in [-0.2, 0) is 22.6 Å². The van der Waals surface area contributed by atoms with E-state index in [-0.39, 0.29) is 33.4 Å². The van der Waals surface area contributed by atoms with E-state index in [1.54, 1.807) is 4.57 Å². The Morgan fingerprint density at radius 2 is 1.82 bits per heavy atom. The van der Waals surface area contributed by atoms with Crippen molar-refractivity contribution in [1.29, 1.82) is 0 Å². The molecule has 5 rings (SSSR count). The molecule has 12 heteroatoms. The number of likely N-dealkylation sites (tertiary alicyclic amines) is 1. The standard InChI is InChI=1S/C26H26ClF3N4O4/c1-13-9-33(10-13)24(38)25(11-26(29,30)12-25)32-23(37)21(35)19-14(2)20(34-7-3-4-18(19)34)22(36)31-15-5-6-17(28)16(27)8-15/h5-6,8,13H,3-4,7,9-12H2,1-2H3,(H,31,36)(H,32,37). The van der Waals surface area contributed by atoms with E-state index in [2.05, 4.69) is 10.6 Å². The van der Waals surface area contributed by atoms with Crippen molar-refractivity contribution in [2.75, 3.05) is 18.4 Å². The smallest absolute Gasteiger partial charge is 0.293 e. The second-order valence-corrected chi connectivity index (χ2v) is 10.9. The molecule has 0 unspecified atom stereocenters. The number of rotatable bonds is 6. The van der Waals surface area contributed by atoms with Crippen molar-refractivity contribution in [3.05, 3.63) is 51.6 Å². The van der Waals surface area contributed by atoms with Crippen LogP contribution in [0, 0.1) is 18.7 Å². The lowest BCUT2D eigenvalue weighted by Gasteiger charge is -2.51. The number of nitrogens with one attached hydrogen (secondary N) is 2. The van der Waals surface area contributed by atoms with Crippen molar-refractivity contribution < 1.29 is 32.3 Å². The average molecular weight is 551 g/mol. The number of nitrogens with zero attached hydrogens (tertiary/aromatic N) is 2. The minimum Gasteiger partial charge on any atom is -0.340 e. The summed E-state index contributed by atoms with van der Waals surface area (Å²) in [5.41, 5.74) is -0.679. The van der Waals surface area contributed by atoms with Crippen LogP contribution in [0.5, 0.6) is 0 Å². The number of Topliss-reactive ketones (excluding diaryl/α,β-unsaturated/α-hetero) is 1. The zero-order valence-electron chi connectivity index (χ0n) is 20.8. The Labute approximate surface area is 221 Å². The van der Waals surface area contributed by atoms with E-state index >= 15 is 0 Å².